The maximum atomic E-state index is 11.6. The van der Waals surface area contributed by atoms with E-state index in [1.54, 1.807) is 18.2 Å². The predicted molar refractivity (Wildman–Crippen MR) is 68.8 cm³/mol. The van der Waals surface area contributed by atoms with Crippen molar-refractivity contribution in [2.24, 2.45) is 0 Å². The molecule has 0 spiro atoms. The summed E-state index contributed by atoms with van der Waals surface area (Å²) in [5, 5.41) is 0. The quantitative estimate of drug-likeness (QED) is 0.789. The zero-order valence-corrected chi connectivity index (χ0v) is 10.1. The third kappa shape index (κ3) is 2.12. The minimum Gasteiger partial charge on any atom is -0.439 e. The highest BCUT2D eigenvalue weighted by Gasteiger charge is 2.22. The Kier molecular flexibility index (Phi) is 2.83. The smallest absolute Gasteiger partial charge is 0.219 e. The first kappa shape index (κ1) is 11.6. The van der Waals surface area contributed by atoms with Crippen molar-refractivity contribution in [2.45, 2.75) is 12.8 Å². The van der Waals surface area contributed by atoms with Gasteiger partial charge in [0.1, 0.15) is 5.75 Å². The number of pyridine rings is 1. The van der Waals surface area contributed by atoms with Gasteiger partial charge in [-0.2, -0.15) is 0 Å². The van der Waals surface area contributed by atoms with Crippen LogP contribution >= 0.6 is 0 Å². The first-order valence-electron chi connectivity index (χ1n) is 6.02. The molecule has 0 saturated heterocycles. The molecule has 3 rings (SSSR count). The van der Waals surface area contributed by atoms with E-state index in [9.17, 15) is 9.59 Å². The number of carbonyl (C=O) groups excluding carboxylic acids is 2. The van der Waals surface area contributed by atoms with Gasteiger partial charge in [-0.05, 0) is 18.6 Å². The monoisotopic (exact) mass is 253 g/mol. The van der Waals surface area contributed by atoms with E-state index >= 15 is 0 Å². The first-order chi connectivity index (χ1) is 9.28. The van der Waals surface area contributed by atoms with Gasteiger partial charge in [-0.25, -0.2) is 4.98 Å². The van der Waals surface area contributed by atoms with Crippen LogP contribution < -0.4 is 4.74 Å². The van der Waals surface area contributed by atoms with Crippen molar-refractivity contribution < 1.29 is 14.3 Å². The molecular weight excluding hydrogens is 242 g/mol. The average Bonchev–Trinajstić information content (AvgIpc) is 2.83. The van der Waals surface area contributed by atoms with E-state index in [4.69, 9.17) is 4.74 Å². The zero-order chi connectivity index (χ0) is 13.2. The number of carbonyl (C=O) groups is 2. The number of ketones is 1. The first-order valence-corrected chi connectivity index (χ1v) is 6.02. The summed E-state index contributed by atoms with van der Waals surface area (Å²) in [7, 11) is 0. The number of fused-ring (bicyclic) bond motifs is 1. The van der Waals surface area contributed by atoms with E-state index in [1.807, 2.05) is 12.1 Å². The highest BCUT2D eigenvalue weighted by atomic mass is 16.5. The SMILES string of the molecule is O=Cc1ccc(Oc2cccc3c2CCC3=O)nc1. The van der Waals surface area contributed by atoms with Crippen LogP contribution in [0.3, 0.4) is 0 Å². The largest absolute Gasteiger partial charge is 0.439 e. The van der Waals surface area contributed by atoms with E-state index < -0.39 is 0 Å². The van der Waals surface area contributed by atoms with Crippen LogP contribution in [0.2, 0.25) is 0 Å². The van der Waals surface area contributed by atoms with Crippen LogP contribution in [0.15, 0.2) is 36.5 Å². The highest BCUT2D eigenvalue weighted by Crippen LogP contribution is 2.32. The molecule has 0 radical (unpaired) electrons. The van der Waals surface area contributed by atoms with Crippen molar-refractivity contribution in [1.29, 1.82) is 0 Å². The highest BCUT2D eigenvalue weighted by molar-refractivity contribution is 6.01. The van der Waals surface area contributed by atoms with Crippen molar-refractivity contribution in [3.8, 4) is 11.6 Å². The zero-order valence-electron chi connectivity index (χ0n) is 10.1. The molecule has 1 aliphatic rings. The molecule has 0 bridgehead atoms. The lowest BCUT2D eigenvalue weighted by molar-refractivity contribution is 0.0994. The maximum Gasteiger partial charge on any atom is 0.219 e. The molecule has 2 aromatic rings. The van der Waals surface area contributed by atoms with Crippen molar-refractivity contribution in [1.82, 2.24) is 4.98 Å². The molecule has 1 aliphatic carbocycles. The Morgan fingerprint density at radius 1 is 1.16 bits per heavy atom. The molecule has 0 aliphatic heterocycles. The molecule has 1 aromatic carbocycles. The van der Waals surface area contributed by atoms with Crippen molar-refractivity contribution >= 4 is 12.1 Å². The van der Waals surface area contributed by atoms with Crippen molar-refractivity contribution in [3.63, 3.8) is 0 Å². The topological polar surface area (TPSA) is 56.3 Å². The maximum absolute atomic E-state index is 11.6. The van der Waals surface area contributed by atoms with Gasteiger partial charge >= 0.3 is 0 Å². The Bertz CT molecular complexity index is 647. The summed E-state index contributed by atoms with van der Waals surface area (Å²) in [6, 6.07) is 8.73. The van der Waals surface area contributed by atoms with Crippen LogP contribution in [-0.4, -0.2) is 17.1 Å². The summed E-state index contributed by atoms with van der Waals surface area (Å²) in [5.41, 5.74) is 2.18. The molecule has 0 atom stereocenters. The molecule has 4 nitrogen and oxygen atoms in total. The summed E-state index contributed by atoms with van der Waals surface area (Å²) in [4.78, 5) is 26.2. The standard InChI is InChI=1S/C15H11NO3/c17-9-10-4-7-15(16-8-10)19-14-3-1-2-11-12(14)5-6-13(11)18/h1-4,7-9H,5-6H2. The number of ether oxygens (including phenoxy) is 1. The number of aromatic nitrogens is 1. The second-order valence-electron chi connectivity index (χ2n) is 4.36. The predicted octanol–water partition coefficient (Wildman–Crippen LogP) is 2.82. The van der Waals surface area contributed by atoms with Crippen LogP contribution in [0.1, 0.15) is 32.7 Å². The molecule has 19 heavy (non-hydrogen) atoms. The van der Waals surface area contributed by atoms with Gasteiger partial charge in [0.25, 0.3) is 0 Å². The van der Waals surface area contributed by atoms with Gasteiger partial charge in [-0.15, -0.1) is 0 Å². The van der Waals surface area contributed by atoms with E-state index in [0.29, 0.717) is 30.0 Å². The fraction of sp³-hybridized carbons (Fsp3) is 0.133. The van der Waals surface area contributed by atoms with Gasteiger partial charge in [0.15, 0.2) is 12.1 Å². The molecule has 0 amide bonds. The van der Waals surface area contributed by atoms with Gasteiger partial charge in [0.2, 0.25) is 5.88 Å². The Hall–Kier alpha value is -2.49. The summed E-state index contributed by atoms with van der Waals surface area (Å²) in [6.45, 7) is 0. The molecule has 0 N–H and O–H groups in total. The van der Waals surface area contributed by atoms with Gasteiger partial charge in [-0.1, -0.05) is 12.1 Å². The molecule has 0 fully saturated rings. The van der Waals surface area contributed by atoms with Crippen LogP contribution in [0.5, 0.6) is 11.6 Å². The average molecular weight is 253 g/mol. The van der Waals surface area contributed by atoms with E-state index in [-0.39, 0.29) is 5.78 Å². The normalized spacial score (nSPS) is 13.2. The number of Topliss-reactive ketones (excluding diaryl/α,β-unsaturated/α-hetero) is 1. The van der Waals surface area contributed by atoms with Crippen molar-refractivity contribution in [2.75, 3.05) is 0 Å². The number of nitrogens with zero attached hydrogens (tertiary/aromatic N) is 1. The lowest BCUT2D eigenvalue weighted by Crippen LogP contribution is -1.95. The fourth-order valence-electron chi connectivity index (χ4n) is 2.19. The van der Waals surface area contributed by atoms with Gasteiger partial charge in [0.05, 0.1) is 0 Å². The van der Waals surface area contributed by atoms with Crippen molar-refractivity contribution in [3.05, 3.63) is 53.2 Å². The summed E-state index contributed by atoms with van der Waals surface area (Å²) >= 11 is 0. The number of hydrogen-bond acceptors (Lipinski definition) is 4. The van der Waals surface area contributed by atoms with Gasteiger partial charge in [0, 0.05) is 35.4 Å². The lowest BCUT2D eigenvalue weighted by Gasteiger charge is -2.08. The lowest BCUT2D eigenvalue weighted by atomic mass is 10.1. The van der Waals surface area contributed by atoms with E-state index in [0.717, 1.165) is 17.4 Å². The third-order valence-electron chi connectivity index (χ3n) is 3.15. The van der Waals surface area contributed by atoms with Crippen LogP contribution in [0.4, 0.5) is 0 Å². The Morgan fingerprint density at radius 3 is 2.79 bits per heavy atom. The second kappa shape index (κ2) is 4.65. The molecule has 4 heteroatoms. The Morgan fingerprint density at radius 2 is 2.05 bits per heavy atom. The molecule has 1 aromatic heterocycles. The fourth-order valence-corrected chi connectivity index (χ4v) is 2.19. The second-order valence-corrected chi connectivity index (χ2v) is 4.36. The molecule has 94 valence electrons. The minimum absolute atomic E-state index is 0.157. The van der Waals surface area contributed by atoms with Crippen LogP contribution in [0.25, 0.3) is 0 Å². The third-order valence-corrected chi connectivity index (χ3v) is 3.15. The minimum atomic E-state index is 0.157. The number of benzene rings is 1. The van der Waals surface area contributed by atoms with Crippen LogP contribution in [0, 0.1) is 0 Å². The van der Waals surface area contributed by atoms with Crippen LogP contribution in [-0.2, 0) is 6.42 Å². The van der Waals surface area contributed by atoms with Gasteiger partial charge < -0.3 is 4.74 Å². The molecule has 1 heterocycles. The Labute approximate surface area is 110 Å². The van der Waals surface area contributed by atoms with Gasteiger partial charge in [-0.3, -0.25) is 9.59 Å². The number of hydrogen-bond donors (Lipinski definition) is 0. The summed E-state index contributed by atoms with van der Waals surface area (Å²) < 4.78 is 5.69. The summed E-state index contributed by atoms with van der Waals surface area (Å²) in [6.07, 6.45) is 3.43. The molecular formula is C15H11NO3. The Balaban J connectivity index is 1.91. The van der Waals surface area contributed by atoms with E-state index in [1.165, 1.54) is 6.20 Å². The number of aldehydes is 1. The summed E-state index contributed by atoms with van der Waals surface area (Å²) in [5.74, 6) is 1.23. The molecule has 0 unspecified atom stereocenters. The van der Waals surface area contributed by atoms with E-state index in [2.05, 4.69) is 4.98 Å². The number of rotatable bonds is 3. The molecule has 0 saturated carbocycles.